The molecule has 4 fully saturated rings. The third kappa shape index (κ3) is 4.57. The highest BCUT2D eigenvalue weighted by molar-refractivity contribution is 7.98. The van der Waals surface area contributed by atoms with Crippen LogP contribution in [0.4, 0.5) is 0 Å². The van der Waals surface area contributed by atoms with E-state index in [1.807, 2.05) is 0 Å². The molecule has 8 heteroatoms. The Morgan fingerprint density at radius 1 is 1.00 bits per heavy atom. The molecule has 0 unspecified atom stereocenters. The number of carbonyl (C=O) groups excluding carboxylic acids is 1. The molecule has 6 rings (SSSR count). The second-order valence-electron chi connectivity index (χ2n) is 10.9. The lowest BCUT2D eigenvalue weighted by atomic mass is 9.51. The van der Waals surface area contributed by atoms with Gasteiger partial charge in [-0.3, -0.25) is 4.79 Å². The molecule has 1 heterocycles. The Hall–Kier alpha value is -0.0900. The second kappa shape index (κ2) is 10.6. The molecular weight excluding hydrogens is 517 g/mol. The van der Waals surface area contributed by atoms with Crippen LogP contribution in [-0.2, 0) is 14.3 Å². The van der Waals surface area contributed by atoms with Gasteiger partial charge in [-0.25, -0.2) is 0 Å². The predicted molar refractivity (Wildman–Crippen MR) is 156 cm³/mol. The van der Waals surface area contributed by atoms with E-state index in [0.717, 1.165) is 38.5 Å². The van der Waals surface area contributed by atoms with Crippen molar-refractivity contribution in [3.8, 4) is 0 Å². The number of aliphatic hydroxyl groups is 1. The van der Waals surface area contributed by atoms with Crippen molar-refractivity contribution < 1.29 is 19.4 Å². The summed E-state index contributed by atoms with van der Waals surface area (Å²) >= 11 is 1.76. The Balaban J connectivity index is 0.00000114. The van der Waals surface area contributed by atoms with Gasteiger partial charge in [-0.1, -0.05) is 24.6 Å². The highest BCUT2D eigenvalue weighted by Crippen LogP contribution is 2.64. The van der Waals surface area contributed by atoms with Gasteiger partial charge in [0.25, 0.3) is 0 Å². The fourth-order valence-electron chi connectivity index (χ4n) is 7.92. The highest BCUT2D eigenvalue weighted by atomic mass is 32.2. The van der Waals surface area contributed by atoms with E-state index in [9.17, 15) is 9.90 Å². The minimum Gasteiger partial charge on any atom is -0.385 e. The Bertz CT molecular complexity index is 974. The lowest BCUT2D eigenvalue weighted by molar-refractivity contribution is -0.208. The fraction of sp³-hybridized carbons (Fsp3) is 0.667. The minimum atomic E-state index is -0.845. The van der Waals surface area contributed by atoms with Crippen LogP contribution in [0.15, 0.2) is 40.3 Å². The summed E-state index contributed by atoms with van der Waals surface area (Å²) in [4.78, 5) is 14.4. The van der Waals surface area contributed by atoms with Gasteiger partial charge in [-0.15, -0.1) is 11.8 Å². The van der Waals surface area contributed by atoms with Gasteiger partial charge in [0.2, 0.25) is 0 Å². The Morgan fingerprint density at radius 3 is 2.34 bits per heavy atom. The first-order chi connectivity index (χ1) is 15.4. The minimum absolute atomic E-state index is 0. The van der Waals surface area contributed by atoms with Crippen molar-refractivity contribution in [2.75, 3.05) is 19.5 Å². The molecule has 1 aromatic carbocycles. The van der Waals surface area contributed by atoms with E-state index >= 15 is 0 Å². The topological polar surface area (TPSA) is 55.8 Å². The molecule has 3 saturated carbocycles. The van der Waals surface area contributed by atoms with Crippen LogP contribution in [0, 0.1) is 17.3 Å². The molecule has 5 atom stereocenters. The summed E-state index contributed by atoms with van der Waals surface area (Å²) in [6, 6.07) is 8.92. The monoisotopic (exact) mass is 556 g/mol. The average molecular weight is 557 g/mol. The highest BCUT2D eigenvalue weighted by Gasteiger charge is 2.60. The molecule has 1 N–H and O–H groups in total. The molecule has 1 aromatic rings. The number of allylic oxidation sites excluding steroid dienone is 1. The normalized spacial score (nSPS) is 36.9. The van der Waals surface area contributed by atoms with Crippen LogP contribution in [0.25, 0.3) is 0 Å². The van der Waals surface area contributed by atoms with E-state index in [-0.39, 0.29) is 51.8 Å². The number of hydrogen-bond donors (Lipinski definition) is 1. The van der Waals surface area contributed by atoms with E-state index in [1.165, 1.54) is 21.6 Å². The number of fused-ring (bicyclic) bond motifs is 4. The van der Waals surface area contributed by atoms with E-state index in [0.29, 0.717) is 43.7 Å². The number of thioether (sulfide) groups is 1. The Morgan fingerprint density at radius 2 is 1.69 bits per heavy atom. The summed E-state index contributed by atoms with van der Waals surface area (Å²) < 4.78 is 12.0. The molecular formula is C27H40O4S4. The molecule has 1 saturated heterocycles. The van der Waals surface area contributed by atoms with Crippen LogP contribution in [-0.4, -0.2) is 41.7 Å². The van der Waals surface area contributed by atoms with E-state index in [2.05, 4.69) is 37.4 Å². The molecule has 0 amide bonds. The maximum Gasteiger partial charge on any atom is 0.171 e. The van der Waals surface area contributed by atoms with Crippen molar-refractivity contribution in [3.05, 3.63) is 41.0 Å². The third-order valence-electron chi connectivity index (χ3n) is 9.46. The molecule has 4 aliphatic carbocycles. The van der Waals surface area contributed by atoms with Crippen molar-refractivity contribution in [3.63, 3.8) is 0 Å². The Kier molecular flexibility index (Phi) is 8.91. The van der Waals surface area contributed by atoms with Gasteiger partial charge in [0.05, 0.1) is 18.8 Å². The lowest BCUT2D eigenvalue weighted by Crippen LogP contribution is -2.53. The predicted octanol–water partition coefficient (Wildman–Crippen LogP) is 5.58. The van der Waals surface area contributed by atoms with Gasteiger partial charge < -0.3 is 14.6 Å². The number of Topliss-reactive ketones (excluding diaryl/α,β-unsaturated/α-hetero) is 1. The first-order valence-corrected chi connectivity index (χ1v) is 13.5. The maximum atomic E-state index is 13.1. The van der Waals surface area contributed by atoms with E-state index in [1.54, 1.807) is 11.8 Å². The standard InChI is InChI=1S/C27H34O4S.3H2S/c1-25-15-20(17-3-5-18(32-2)6-4-17)24-19(21(25)7-8-23(25)28)9-11-26(29)16-27(12-10-22(24)26)30-13-14-31-27;;;/h3-6,19-21,29H,7-16H2,1-2H3;3*1H2/t19-,20+,21-,25-,26+;;;/m0.../s1. The fourth-order valence-corrected chi connectivity index (χ4v) is 8.33. The number of ether oxygens (including phenoxy) is 2. The first-order valence-electron chi connectivity index (χ1n) is 12.3. The van der Waals surface area contributed by atoms with E-state index in [4.69, 9.17) is 9.47 Å². The van der Waals surface area contributed by atoms with Gasteiger partial charge in [0, 0.05) is 35.5 Å². The van der Waals surface area contributed by atoms with Gasteiger partial charge in [0.1, 0.15) is 5.78 Å². The zero-order valence-corrected chi connectivity index (χ0v) is 24.5. The number of rotatable bonds is 2. The van der Waals surface area contributed by atoms with Crippen LogP contribution < -0.4 is 0 Å². The van der Waals surface area contributed by atoms with Gasteiger partial charge in [0.15, 0.2) is 5.79 Å². The Labute approximate surface area is 234 Å². The van der Waals surface area contributed by atoms with Crippen molar-refractivity contribution in [1.82, 2.24) is 0 Å². The smallest absolute Gasteiger partial charge is 0.171 e. The van der Waals surface area contributed by atoms with Crippen molar-refractivity contribution in [2.45, 2.75) is 80.5 Å². The summed E-state index contributed by atoms with van der Waals surface area (Å²) in [7, 11) is 0. The molecule has 0 aromatic heterocycles. The summed E-state index contributed by atoms with van der Waals surface area (Å²) in [5.41, 5.74) is 2.93. The molecule has 196 valence electrons. The van der Waals surface area contributed by atoms with Crippen LogP contribution in [0.5, 0.6) is 0 Å². The molecule has 1 spiro atoms. The van der Waals surface area contributed by atoms with Crippen molar-refractivity contribution in [2.24, 2.45) is 17.3 Å². The molecule has 1 aliphatic heterocycles. The van der Waals surface area contributed by atoms with Crippen LogP contribution in [0.3, 0.4) is 0 Å². The van der Waals surface area contributed by atoms with Crippen LogP contribution >= 0.6 is 52.2 Å². The van der Waals surface area contributed by atoms with Crippen LogP contribution in [0.1, 0.15) is 69.8 Å². The number of carbonyl (C=O) groups is 1. The molecule has 0 radical (unpaired) electrons. The van der Waals surface area contributed by atoms with Crippen molar-refractivity contribution >= 4 is 58.0 Å². The lowest BCUT2D eigenvalue weighted by Gasteiger charge is -2.55. The maximum absolute atomic E-state index is 13.1. The largest absolute Gasteiger partial charge is 0.385 e. The van der Waals surface area contributed by atoms with Gasteiger partial charge in [-0.05, 0) is 73.5 Å². The average Bonchev–Trinajstić information content (AvgIpc) is 3.36. The number of benzene rings is 1. The van der Waals surface area contributed by atoms with Gasteiger partial charge >= 0.3 is 0 Å². The SMILES string of the molecule is CSc1ccc([C@H]2C[C@]3(C)C(=O)CC[C@H]3[C@@H]3CC[C@@]4(O)CC5(CCC4=C32)OCCO5)cc1.S.S.S. The number of hydrogen-bond acceptors (Lipinski definition) is 5. The zero-order valence-electron chi connectivity index (χ0n) is 20.7. The number of ketones is 1. The molecule has 0 bridgehead atoms. The molecule has 5 aliphatic rings. The second-order valence-corrected chi connectivity index (χ2v) is 11.8. The molecule has 35 heavy (non-hydrogen) atoms. The summed E-state index contributed by atoms with van der Waals surface area (Å²) in [6.07, 6.45) is 8.60. The third-order valence-corrected chi connectivity index (χ3v) is 10.2. The quantitative estimate of drug-likeness (QED) is 0.381. The summed E-state index contributed by atoms with van der Waals surface area (Å²) in [5.74, 6) is 0.876. The molecule has 4 nitrogen and oxygen atoms in total. The zero-order chi connectivity index (χ0) is 22.1. The van der Waals surface area contributed by atoms with E-state index < -0.39 is 11.4 Å². The van der Waals surface area contributed by atoms with Gasteiger partial charge in [-0.2, -0.15) is 40.5 Å². The summed E-state index contributed by atoms with van der Waals surface area (Å²) in [5, 5.41) is 12.0. The first kappa shape index (κ1) is 29.5. The summed E-state index contributed by atoms with van der Waals surface area (Å²) in [6.45, 7) is 3.48. The van der Waals surface area contributed by atoms with Crippen molar-refractivity contribution in [1.29, 1.82) is 0 Å². The van der Waals surface area contributed by atoms with Crippen LogP contribution in [0.2, 0.25) is 0 Å².